The van der Waals surface area contributed by atoms with Crippen LogP contribution in [0.1, 0.15) is 18.1 Å². The summed E-state index contributed by atoms with van der Waals surface area (Å²) in [4.78, 5) is 10.4. The number of nitro benzene ring substituents is 1. The average Bonchev–Trinajstić information content (AvgIpc) is 2.46. The molecule has 0 radical (unpaired) electrons. The molecule has 0 spiro atoms. The summed E-state index contributed by atoms with van der Waals surface area (Å²) in [6.45, 7) is 3.27. The van der Waals surface area contributed by atoms with Gasteiger partial charge < -0.3 is 0 Å². The van der Waals surface area contributed by atoms with Gasteiger partial charge >= 0.3 is 0 Å². The molecular weight excluding hydrogens is 292 g/mol. The van der Waals surface area contributed by atoms with Gasteiger partial charge in [-0.25, -0.2) is 8.78 Å². The standard InChI is InChI=1S/C15H13F2N3O2/c1-9-3-4-11(7-15(9)20(21)22)10(2)18-19-14-6-5-12(16)8-13(14)17/h3-8,19H,1-2H3/b18-10+. The third-order valence-electron chi connectivity index (χ3n) is 3.10. The predicted molar refractivity (Wildman–Crippen MR) is 80.0 cm³/mol. The van der Waals surface area contributed by atoms with E-state index in [1.165, 1.54) is 12.1 Å². The molecule has 1 N–H and O–H groups in total. The number of hydrazone groups is 1. The lowest BCUT2D eigenvalue weighted by atomic mass is 10.1. The number of nitro groups is 1. The predicted octanol–water partition coefficient (Wildman–Crippen LogP) is 4.02. The minimum atomic E-state index is -0.772. The molecule has 0 aromatic heterocycles. The van der Waals surface area contributed by atoms with Gasteiger partial charge in [-0.3, -0.25) is 15.5 Å². The van der Waals surface area contributed by atoms with Gasteiger partial charge in [0.2, 0.25) is 0 Å². The van der Waals surface area contributed by atoms with Crippen LogP contribution in [0.2, 0.25) is 0 Å². The number of hydrogen-bond donors (Lipinski definition) is 1. The number of nitrogens with zero attached hydrogens (tertiary/aromatic N) is 2. The second-order valence-corrected chi connectivity index (χ2v) is 4.69. The highest BCUT2D eigenvalue weighted by Gasteiger charge is 2.12. The van der Waals surface area contributed by atoms with Gasteiger partial charge in [0.15, 0.2) is 5.82 Å². The van der Waals surface area contributed by atoms with Gasteiger partial charge in [0.25, 0.3) is 5.69 Å². The van der Waals surface area contributed by atoms with Crippen LogP contribution in [-0.4, -0.2) is 10.6 Å². The molecule has 0 aliphatic carbocycles. The molecule has 114 valence electrons. The Bertz CT molecular complexity index is 760. The lowest BCUT2D eigenvalue weighted by Crippen LogP contribution is -2.02. The van der Waals surface area contributed by atoms with E-state index in [0.29, 0.717) is 16.8 Å². The van der Waals surface area contributed by atoms with Gasteiger partial charge in [-0.2, -0.15) is 5.10 Å². The number of anilines is 1. The number of nitrogens with one attached hydrogen (secondary N) is 1. The summed E-state index contributed by atoms with van der Waals surface area (Å²) >= 11 is 0. The van der Waals surface area contributed by atoms with Crippen LogP contribution >= 0.6 is 0 Å². The van der Waals surface area contributed by atoms with E-state index >= 15 is 0 Å². The molecule has 0 fully saturated rings. The number of halogens is 2. The first-order valence-electron chi connectivity index (χ1n) is 6.39. The largest absolute Gasteiger partial charge is 0.275 e. The highest BCUT2D eigenvalue weighted by molar-refractivity contribution is 5.99. The fraction of sp³-hybridized carbons (Fsp3) is 0.133. The van der Waals surface area contributed by atoms with E-state index in [1.54, 1.807) is 26.0 Å². The van der Waals surface area contributed by atoms with E-state index in [9.17, 15) is 18.9 Å². The lowest BCUT2D eigenvalue weighted by Gasteiger charge is -2.06. The minimum Gasteiger partial charge on any atom is -0.275 e. The van der Waals surface area contributed by atoms with Gasteiger partial charge in [0, 0.05) is 23.3 Å². The van der Waals surface area contributed by atoms with Crippen LogP contribution < -0.4 is 5.43 Å². The normalized spacial score (nSPS) is 11.4. The molecule has 5 nitrogen and oxygen atoms in total. The Kier molecular flexibility index (Phi) is 4.45. The maximum atomic E-state index is 13.5. The van der Waals surface area contributed by atoms with E-state index in [-0.39, 0.29) is 11.4 Å². The maximum absolute atomic E-state index is 13.5. The van der Waals surface area contributed by atoms with E-state index < -0.39 is 16.6 Å². The van der Waals surface area contributed by atoms with Gasteiger partial charge in [-0.1, -0.05) is 12.1 Å². The van der Waals surface area contributed by atoms with Crippen molar-refractivity contribution in [1.29, 1.82) is 0 Å². The van der Waals surface area contributed by atoms with Gasteiger partial charge in [-0.15, -0.1) is 0 Å². The van der Waals surface area contributed by atoms with E-state index in [2.05, 4.69) is 10.5 Å². The molecule has 2 rings (SSSR count). The summed E-state index contributed by atoms with van der Waals surface area (Å²) in [5.74, 6) is -1.45. The molecule has 0 saturated carbocycles. The molecule has 0 aliphatic rings. The van der Waals surface area contributed by atoms with Crippen molar-refractivity contribution in [2.45, 2.75) is 13.8 Å². The summed E-state index contributed by atoms with van der Waals surface area (Å²) < 4.78 is 26.3. The first kappa shape index (κ1) is 15.6. The summed E-state index contributed by atoms with van der Waals surface area (Å²) in [5, 5.41) is 14.9. The molecule has 0 saturated heterocycles. The van der Waals surface area contributed by atoms with Crippen LogP contribution in [0.3, 0.4) is 0 Å². The Hall–Kier alpha value is -2.83. The first-order chi connectivity index (χ1) is 10.4. The fourth-order valence-corrected chi connectivity index (χ4v) is 1.82. The van der Waals surface area contributed by atoms with Crippen molar-refractivity contribution in [3.63, 3.8) is 0 Å². The van der Waals surface area contributed by atoms with Crippen LogP contribution in [-0.2, 0) is 0 Å². The van der Waals surface area contributed by atoms with Crippen LogP contribution in [0.25, 0.3) is 0 Å². The number of aryl methyl sites for hydroxylation is 1. The topological polar surface area (TPSA) is 67.5 Å². The van der Waals surface area contributed by atoms with Crippen LogP contribution in [0.15, 0.2) is 41.5 Å². The summed E-state index contributed by atoms with van der Waals surface area (Å²) in [5.41, 5.74) is 3.99. The summed E-state index contributed by atoms with van der Waals surface area (Å²) in [6, 6.07) is 7.77. The van der Waals surface area contributed by atoms with Crippen molar-refractivity contribution in [1.82, 2.24) is 0 Å². The highest BCUT2D eigenvalue weighted by Crippen LogP contribution is 2.20. The van der Waals surface area contributed by atoms with Crippen molar-refractivity contribution >= 4 is 17.1 Å². The molecule has 0 bridgehead atoms. The van der Waals surface area contributed by atoms with Crippen molar-refractivity contribution in [3.8, 4) is 0 Å². The molecule has 22 heavy (non-hydrogen) atoms. The van der Waals surface area contributed by atoms with Crippen molar-refractivity contribution in [2.75, 3.05) is 5.43 Å². The SMILES string of the molecule is C/C(=N\Nc1ccc(F)cc1F)c1ccc(C)c([N+](=O)[O-])c1. The molecule has 0 unspecified atom stereocenters. The second kappa shape index (κ2) is 6.30. The Morgan fingerprint density at radius 2 is 1.95 bits per heavy atom. The van der Waals surface area contributed by atoms with E-state index in [4.69, 9.17) is 0 Å². The van der Waals surface area contributed by atoms with Crippen molar-refractivity contribution in [3.05, 3.63) is 69.3 Å². The lowest BCUT2D eigenvalue weighted by molar-refractivity contribution is -0.385. The average molecular weight is 305 g/mol. The Labute approximate surface area is 125 Å². The summed E-state index contributed by atoms with van der Waals surface area (Å²) in [7, 11) is 0. The third-order valence-corrected chi connectivity index (χ3v) is 3.10. The Morgan fingerprint density at radius 3 is 2.59 bits per heavy atom. The molecule has 0 amide bonds. The van der Waals surface area contributed by atoms with Gasteiger partial charge in [0.05, 0.1) is 16.3 Å². The van der Waals surface area contributed by atoms with Gasteiger partial charge in [-0.05, 0) is 26.0 Å². The molecule has 7 heteroatoms. The van der Waals surface area contributed by atoms with Crippen LogP contribution in [0.4, 0.5) is 20.2 Å². The van der Waals surface area contributed by atoms with Gasteiger partial charge in [0.1, 0.15) is 5.82 Å². The Balaban J connectivity index is 2.25. The monoisotopic (exact) mass is 305 g/mol. The van der Waals surface area contributed by atoms with E-state index in [1.807, 2.05) is 0 Å². The van der Waals surface area contributed by atoms with Crippen molar-refractivity contribution in [2.24, 2.45) is 5.10 Å². The van der Waals surface area contributed by atoms with Crippen LogP contribution in [0.5, 0.6) is 0 Å². The number of benzene rings is 2. The third kappa shape index (κ3) is 3.43. The fourth-order valence-electron chi connectivity index (χ4n) is 1.82. The molecule has 2 aromatic rings. The second-order valence-electron chi connectivity index (χ2n) is 4.69. The maximum Gasteiger partial charge on any atom is 0.272 e. The number of hydrogen-bond acceptors (Lipinski definition) is 4. The number of rotatable bonds is 4. The molecule has 2 aromatic carbocycles. The van der Waals surface area contributed by atoms with E-state index in [0.717, 1.165) is 12.1 Å². The molecule has 0 atom stereocenters. The Morgan fingerprint density at radius 1 is 1.23 bits per heavy atom. The highest BCUT2D eigenvalue weighted by atomic mass is 19.1. The zero-order chi connectivity index (χ0) is 16.3. The summed E-state index contributed by atoms with van der Waals surface area (Å²) in [6.07, 6.45) is 0. The first-order valence-corrected chi connectivity index (χ1v) is 6.39. The molecule has 0 aliphatic heterocycles. The smallest absolute Gasteiger partial charge is 0.272 e. The van der Waals surface area contributed by atoms with Crippen molar-refractivity contribution < 1.29 is 13.7 Å². The zero-order valence-corrected chi connectivity index (χ0v) is 11.9. The quantitative estimate of drug-likeness (QED) is 0.527. The molecule has 0 heterocycles. The molecular formula is C15H13F2N3O2. The van der Waals surface area contributed by atoms with Crippen LogP contribution in [0, 0.1) is 28.7 Å². The zero-order valence-electron chi connectivity index (χ0n) is 11.9. The minimum absolute atomic E-state index is 0.0139.